The van der Waals surface area contributed by atoms with Crippen LogP contribution in [0.25, 0.3) is 21.9 Å². The summed E-state index contributed by atoms with van der Waals surface area (Å²) >= 11 is 0. The fraction of sp³-hybridized carbons (Fsp3) is 0.0667. The van der Waals surface area contributed by atoms with Crippen LogP contribution in [0.15, 0.2) is 89.3 Å². The van der Waals surface area contributed by atoms with Crippen molar-refractivity contribution in [3.63, 3.8) is 0 Å². The molecular formula is C30H20O. The fourth-order valence-electron chi connectivity index (χ4n) is 3.61. The number of fused-ring (bicyclic) bond motifs is 3. The van der Waals surface area contributed by atoms with E-state index in [9.17, 15) is 0 Å². The molecule has 0 bridgehead atoms. The van der Waals surface area contributed by atoms with Gasteiger partial charge in [0, 0.05) is 33.0 Å². The molecule has 0 amide bonds. The van der Waals surface area contributed by atoms with Crippen LogP contribution < -0.4 is 0 Å². The van der Waals surface area contributed by atoms with Crippen LogP contribution in [0.5, 0.6) is 0 Å². The third kappa shape index (κ3) is 3.83. The molecule has 0 aliphatic heterocycles. The van der Waals surface area contributed by atoms with Crippen molar-refractivity contribution in [3.8, 4) is 23.7 Å². The van der Waals surface area contributed by atoms with E-state index in [2.05, 4.69) is 55.7 Å². The van der Waals surface area contributed by atoms with Gasteiger partial charge in [-0.1, -0.05) is 60.1 Å². The van der Waals surface area contributed by atoms with Crippen molar-refractivity contribution in [2.45, 2.75) is 13.8 Å². The van der Waals surface area contributed by atoms with Crippen molar-refractivity contribution in [2.75, 3.05) is 0 Å². The van der Waals surface area contributed by atoms with Crippen LogP contribution in [0.2, 0.25) is 0 Å². The maximum atomic E-state index is 6.18. The molecule has 1 heteroatoms. The van der Waals surface area contributed by atoms with Gasteiger partial charge in [0.05, 0.1) is 0 Å². The van der Waals surface area contributed by atoms with Crippen LogP contribution in [0.4, 0.5) is 0 Å². The van der Waals surface area contributed by atoms with E-state index in [0.717, 1.165) is 44.2 Å². The van der Waals surface area contributed by atoms with Crippen molar-refractivity contribution in [3.05, 3.63) is 118 Å². The second-order valence-corrected chi connectivity index (χ2v) is 7.66. The van der Waals surface area contributed by atoms with Crippen molar-refractivity contribution in [1.82, 2.24) is 0 Å². The van der Waals surface area contributed by atoms with Gasteiger partial charge >= 0.3 is 0 Å². The summed E-state index contributed by atoms with van der Waals surface area (Å²) in [4.78, 5) is 0. The van der Waals surface area contributed by atoms with Crippen LogP contribution in [0, 0.1) is 37.5 Å². The van der Waals surface area contributed by atoms with Gasteiger partial charge < -0.3 is 4.42 Å². The molecule has 1 aromatic heterocycles. The maximum Gasteiger partial charge on any atom is 0.136 e. The largest absolute Gasteiger partial charge is 0.456 e. The van der Waals surface area contributed by atoms with Crippen LogP contribution in [0.1, 0.15) is 33.4 Å². The number of aryl methyl sites for hydroxylation is 2. The molecule has 1 nitrogen and oxygen atoms in total. The molecule has 0 radical (unpaired) electrons. The van der Waals surface area contributed by atoms with Gasteiger partial charge in [0.1, 0.15) is 11.2 Å². The summed E-state index contributed by atoms with van der Waals surface area (Å²) in [6.45, 7) is 4.24. The first-order valence-electron chi connectivity index (χ1n) is 10.3. The second kappa shape index (κ2) is 7.91. The lowest BCUT2D eigenvalue weighted by molar-refractivity contribution is 0.668. The Hall–Kier alpha value is -4.20. The molecule has 4 aromatic carbocycles. The average molecular weight is 396 g/mol. The first-order chi connectivity index (χ1) is 15.2. The lowest BCUT2D eigenvalue weighted by Crippen LogP contribution is -1.85. The molecule has 5 rings (SSSR count). The second-order valence-electron chi connectivity index (χ2n) is 7.66. The average Bonchev–Trinajstić information content (AvgIpc) is 3.13. The Morgan fingerprint density at radius 1 is 0.516 bits per heavy atom. The Balaban J connectivity index is 1.72. The van der Waals surface area contributed by atoms with Gasteiger partial charge in [-0.05, 0) is 73.5 Å². The highest BCUT2D eigenvalue weighted by atomic mass is 16.3. The zero-order valence-corrected chi connectivity index (χ0v) is 17.5. The molecule has 0 unspecified atom stereocenters. The highest BCUT2D eigenvalue weighted by Gasteiger charge is 2.11. The Labute approximate surface area is 182 Å². The molecular weight excluding hydrogens is 376 g/mol. The first-order valence-corrected chi connectivity index (χ1v) is 10.3. The minimum Gasteiger partial charge on any atom is -0.456 e. The van der Waals surface area contributed by atoms with Crippen LogP contribution in [-0.2, 0) is 0 Å². The van der Waals surface area contributed by atoms with Gasteiger partial charge in [0.2, 0.25) is 0 Å². The summed E-state index contributed by atoms with van der Waals surface area (Å²) < 4.78 is 6.18. The Morgan fingerprint density at radius 2 is 1.00 bits per heavy atom. The third-order valence-electron chi connectivity index (χ3n) is 5.46. The van der Waals surface area contributed by atoms with E-state index in [0.29, 0.717) is 0 Å². The van der Waals surface area contributed by atoms with Gasteiger partial charge in [-0.3, -0.25) is 0 Å². The van der Waals surface area contributed by atoms with Crippen molar-refractivity contribution in [1.29, 1.82) is 0 Å². The number of hydrogen-bond donors (Lipinski definition) is 0. The standard InChI is InChI=1S/C30H20O/c1-21-17-27-28-19-25(15-13-23-9-5-3-6-10-23)26(16-14-24-11-7-4-8-12-24)20-30(28)31-29(27)18-22(21)2/h3-12,17-20H,1-2H3. The maximum absolute atomic E-state index is 6.18. The van der Waals surface area contributed by atoms with E-state index in [1.807, 2.05) is 66.7 Å². The minimum atomic E-state index is 0.836. The van der Waals surface area contributed by atoms with E-state index < -0.39 is 0 Å². The van der Waals surface area contributed by atoms with E-state index in [1.165, 1.54) is 11.1 Å². The van der Waals surface area contributed by atoms with Crippen molar-refractivity contribution in [2.24, 2.45) is 0 Å². The molecule has 0 fully saturated rings. The molecule has 0 saturated heterocycles. The smallest absolute Gasteiger partial charge is 0.136 e. The van der Waals surface area contributed by atoms with E-state index in [4.69, 9.17) is 4.42 Å². The number of benzene rings is 4. The molecule has 0 aliphatic carbocycles. The van der Waals surface area contributed by atoms with Gasteiger partial charge in [0.15, 0.2) is 0 Å². The molecule has 0 atom stereocenters. The predicted molar refractivity (Wildman–Crippen MR) is 128 cm³/mol. The topological polar surface area (TPSA) is 13.1 Å². The normalized spacial score (nSPS) is 10.4. The highest BCUT2D eigenvalue weighted by Crippen LogP contribution is 2.32. The summed E-state index contributed by atoms with van der Waals surface area (Å²) in [6, 6.07) is 28.4. The minimum absolute atomic E-state index is 0.836. The van der Waals surface area contributed by atoms with Crippen molar-refractivity contribution < 1.29 is 4.42 Å². The molecule has 31 heavy (non-hydrogen) atoms. The van der Waals surface area contributed by atoms with E-state index >= 15 is 0 Å². The molecule has 0 aliphatic rings. The molecule has 5 aromatic rings. The van der Waals surface area contributed by atoms with Crippen LogP contribution in [-0.4, -0.2) is 0 Å². The van der Waals surface area contributed by atoms with Gasteiger partial charge in [-0.2, -0.15) is 0 Å². The summed E-state index contributed by atoms with van der Waals surface area (Å²) in [5, 5.41) is 2.18. The summed E-state index contributed by atoms with van der Waals surface area (Å²) in [7, 11) is 0. The summed E-state index contributed by atoms with van der Waals surface area (Å²) in [5.74, 6) is 13.2. The molecule has 0 saturated carbocycles. The third-order valence-corrected chi connectivity index (χ3v) is 5.46. The molecule has 1 heterocycles. The monoisotopic (exact) mass is 396 g/mol. The first kappa shape index (κ1) is 18.8. The number of furan rings is 1. The van der Waals surface area contributed by atoms with E-state index in [1.54, 1.807) is 0 Å². The fourth-order valence-corrected chi connectivity index (χ4v) is 3.61. The Morgan fingerprint density at radius 3 is 1.61 bits per heavy atom. The predicted octanol–water partition coefficient (Wildman–Crippen LogP) is 7.00. The number of hydrogen-bond acceptors (Lipinski definition) is 1. The molecule has 0 N–H and O–H groups in total. The Kier molecular flexibility index (Phi) is 4.80. The molecule has 0 spiro atoms. The quantitative estimate of drug-likeness (QED) is 0.257. The summed E-state index contributed by atoms with van der Waals surface area (Å²) in [5.41, 5.74) is 7.93. The van der Waals surface area contributed by atoms with Crippen molar-refractivity contribution >= 4 is 21.9 Å². The Bertz CT molecular complexity index is 1530. The van der Waals surface area contributed by atoms with E-state index in [-0.39, 0.29) is 0 Å². The SMILES string of the molecule is Cc1cc2oc3cc(C#Cc4ccccc4)c(C#Cc4ccccc4)cc3c2cc1C. The lowest BCUT2D eigenvalue weighted by atomic mass is 10.0. The zero-order valence-electron chi connectivity index (χ0n) is 17.5. The van der Waals surface area contributed by atoms with Crippen LogP contribution in [0.3, 0.4) is 0 Å². The highest BCUT2D eigenvalue weighted by molar-refractivity contribution is 6.06. The van der Waals surface area contributed by atoms with Gasteiger partial charge in [-0.25, -0.2) is 0 Å². The summed E-state index contributed by atoms with van der Waals surface area (Å²) in [6.07, 6.45) is 0. The van der Waals surface area contributed by atoms with Gasteiger partial charge in [-0.15, -0.1) is 0 Å². The zero-order chi connectivity index (χ0) is 21.2. The number of rotatable bonds is 0. The lowest BCUT2D eigenvalue weighted by Gasteiger charge is -2.00. The van der Waals surface area contributed by atoms with Gasteiger partial charge in [0.25, 0.3) is 0 Å². The molecule has 146 valence electrons. The van der Waals surface area contributed by atoms with Crippen LogP contribution >= 0.6 is 0 Å².